The van der Waals surface area contributed by atoms with Crippen LogP contribution in [0.5, 0.6) is 0 Å². The minimum absolute atomic E-state index is 0.00700. The highest BCUT2D eigenvalue weighted by molar-refractivity contribution is 6.31. The first-order chi connectivity index (χ1) is 9.51. The number of nitrogens with zero attached hydrogens (tertiary/aromatic N) is 1. The van der Waals surface area contributed by atoms with Crippen molar-refractivity contribution in [1.29, 1.82) is 0 Å². The van der Waals surface area contributed by atoms with Gasteiger partial charge in [0.2, 0.25) is 5.91 Å². The SMILES string of the molecule is CCC[C@@H]1CN(C(=O)Cc2ccc(F)cc2Cl)C[C@H]1N. The molecule has 20 heavy (non-hydrogen) atoms. The van der Waals surface area contributed by atoms with Crippen molar-refractivity contribution in [2.45, 2.75) is 32.2 Å². The first kappa shape index (κ1) is 15.3. The highest BCUT2D eigenvalue weighted by Gasteiger charge is 2.32. The van der Waals surface area contributed by atoms with Gasteiger partial charge in [-0.05, 0) is 30.0 Å². The molecule has 1 fully saturated rings. The van der Waals surface area contributed by atoms with Crippen molar-refractivity contribution in [3.63, 3.8) is 0 Å². The van der Waals surface area contributed by atoms with Crippen molar-refractivity contribution in [1.82, 2.24) is 4.90 Å². The zero-order valence-corrected chi connectivity index (χ0v) is 12.4. The minimum Gasteiger partial charge on any atom is -0.341 e. The van der Waals surface area contributed by atoms with E-state index in [1.54, 1.807) is 11.0 Å². The zero-order chi connectivity index (χ0) is 14.7. The lowest BCUT2D eigenvalue weighted by Crippen LogP contribution is -2.33. The van der Waals surface area contributed by atoms with Gasteiger partial charge in [-0.25, -0.2) is 4.39 Å². The van der Waals surface area contributed by atoms with Crippen LogP contribution in [0.3, 0.4) is 0 Å². The van der Waals surface area contributed by atoms with E-state index < -0.39 is 5.82 Å². The van der Waals surface area contributed by atoms with Gasteiger partial charge in [-0.15, -0.1) is 0 Å². The van der Waals surface area contributed by atoms with Gasteiger partial charge in [0.15, 0.2) is 0 Å². The van der Waals surface area contributed by atoms with E-state index in [9.17, 15) is 9.18 Å². The molecular formula is C15H20ClFN2O. The Labute approximate surface area is 123 Å². The fourth-order valence-electron chi connectivity index (χ4n) is 2.72. The molecule has 0 bridgehead atoms. The van der Waals surface area contributed by atoms with Crippen LogP contribution in [0, 0.1) is 11.7 Å². The summed E-state index contributed by atoms with van der Waals surface area (Å²) in [5.41, 5.74) is 6.72. The Kier molecular flexibility index (Phi) is 5.00. The number of hydrogen-bond donors (Lipinski definition) is 1. The van der Waals surface area contributed by atoms with Gasteiger partial charge in [-0.1, -0.05) is 31.0 Å². The molecule has 0 spiro atoms. The molecule has 1 aliphatic rings. The fourth-order valence-corrected chi connectivity index (χ4v) is 2.95. The molecule has 1 aromatic carbocycles. The summed E-state index contributed by atoms with van der Waals surface area (Å²) in [7, 11) is 0. The normalized spacial score (nSPS) is 22.3. The van der Waals surface area contributed by atoms with Crippen LogP contribution in [0.25, 0.3) is 0 Å². The summed E-state index contributed by atoms with van der Waals surface area (Å²) in [5, 5.41) is 0.298. The monoisotopic (exact) mass is 298 g/mol. The molecule has 2 rings (SSSR count). The third kappa shape index (κ3) is 3.49. The van der Waals surface area contributed by atoms with Gasteiger partial charge < -0.3 is 10.6 Å². The van der Waals surface area contributed by atoms with E-state index in [1.807, 2.05) is 0 Å². The van der Waals surface area contributed by atoms with E-state index >= 15 is 0 Å². The summed E-state index contributed by atoms with van der Waals surface area (Å²) in [5.74, 6) is -0.00222. The first-order valence-corrected chi connectivity index (χ1v) is 7.36. The standard InChI is InChI=1S/C15H20ClFN2O/c1-2-3-11-8-19(9-14(11)18)15(20)6-10-4-5-12(17)7-13(10)16/h4-5,7,11,14H,2-3,6,8-9,18H2,1H3/t11-,14-/m1/s1. The molecule has 1 heterocycles. The zero-order valence-electron chi connectivity index (χ0n) is 11.6. The van der Waals surface area contributed by atoms with Gasteiger partial charge in [0, 0.05) is 24.2 Å². The summed E-state index contributed by atoms with van der Waals surface area (Å²) in [6, 6.07) is 4.18. The lowest BCUT2D eigenvalue weighted by molar-refractivity contribution is -0.129. The second kappa shape index (κ2) is 6.55. The first-order valence-electron chi connectivity index (χ1n) is 6.98. The van der Waals surface area contributed by atoms with Crippen molar-refractivity contribution in [3.8, 4) is 0 Å². The number of likely N-dealkylation sites (tertiary alicyclic amines) is 1. The number of amides is 1. The summed E-state index contributed by atoms with van der Waals surface area (Å²) in [6.07, 6.45) is 2.32. The van der Waals surface area contributed by atoms with Gasteiger partial charge in [0.25, 0.3) is 0 Å². The van der Waals surface area contributed by atoms with Gasteiger partial charge >= 0.3 is 0 Å². The Bertz CT molecular complexity index is 495. The Morgan fingerprint density at radius 1 is 1.50 bits per heavy atom. The molecule has 5 heteroatoms. The lowest BCUT2D eigenvalue weighted by atomic mass is 9.99. The molecule has 3 nitrogen and oxygen atoms in total. The summed E-state index contributed by atoms with van der Waals surface area (Å²) >= 11 is 5.95. The highest BCUT2D eigenvalue weighted by atomic mass is 35.5. The van der Waals surface area contributed by atoms with Crippen LogP contribution in [-0.2, 0) is 11.2 Å². The molecule has 0 saturated carbocycles. The minimum atomic E-state index is -0.391. The van der Waals surface area contributed by atoms with Gasteiger partial charge in [0.1, 0.15) is 5.82 Å². The van der Waals surface area contributed by atoms with Gasteiger partial charge in [0.05, 0.1) is 6.42 Å². The van der Waals surface area contributed by atoms with E-state index in [1.165, 1.54) is 12.1 Å². The van der Waals surface area contributed by atoms with Crippen LogP contribution >= 0.6 is 11.6 Å². The Morgan fingerprint density at radius 3 is 2.90 bits per heavy atom. The Hall–Kier alpha value is -1.13. The average Bonchev–Trinajstić information content (AvgIpc) is 2.75. The second-order valence-electron chi connectivity index (χ2n) is 5.42. The van der Waals surface area contributed by atoms with Crippen LogP contribution < -0.4 is 5.73 Å². The molecule has 2 atom stereocenters. The topological polar surface area (TPSA) is 46.3 Å². The van der Waals surface area contributed by atoms with Crippen LogP contribution in [0.15, 0.2) is 18.2 Å². The van der Waals surface area contributed by atoms with E-state index in [2.05, 4.69) is 6.92 Å². The Morgan fingerprint density at radius 2 is 2.25 bits per heavy atom. The van der Waals surface area contributed by atoms with Crippen molar-refractivity contribution in [3.05, 3.63) is 34.6 Å². The number of benzene rings is 1. The number of carbonyl (C=O) groups is 1. The summed E-state index contributed by atoms with van der Waals surface area (Å²) in [4.78, 5) is 14.1. The average molecular weight is 299 g/mol. The molecule has 2 N–H and O–H groups in total. The van der Waals surface area contributed by atoms with Crippen molar-refractivity contribution in [2.75, 3.05) is 13.1 Å². The largest absolute Gasteiger partial charge is 0.341 e. The third-order valence-electron chi connectivity index (χ3n) is 3.86. The molecular weight excluding hydrogens is 279 g/mol. The van der Waals surface area contributed by atoms with Crippen LogP contribution in [0.2, 0.25) is 5.02 Å². The molecule has 0 radical (unpaired) electrons. The number of rotatable bonds is 4. The fraction of sp³-hybridized carbons (Fsp3) is 0.533. The quantitative estimate of drug-likeness (QED) is 0.929. The number of hydrogen-bond acceptors (Lipinski definition) is 2. The molecule has 110 valence electrons. The van der Waals surface area contributed by atoms with Crippen molar-refractivity contribution >= 4 is 17.5 Å². The molecule has 1 aliphatic heterocycles. The van der Waals surface area contributed by atoms with Crippen LogP contribution in [0.4, 0.5) is 4.39 Å². The predicted octanol–water partition coefficient (Wildman–Crippen LogP) is 2.61. The van der Waals surface area contributed by atoms with E-state index in [4.69, 9.17) is 17.3 Å². The summed E-state index contributed by atoms with van der Waals surface area (Å²) < 4.78 is 13.0. The smallest absolute Gasteiger partial charge is 0.227 e. The number of nitrogens with two attached hydrogens (primary N) is 1. The van der Waals surface area contributed by atoms with Crippen molar-refractivity contribution in [2.24, 2.45) is 11.7 Å². The number of halogens is 2. The van der Waals surface area contributed by atoms with Crippen LogP contribution in [0.1, 0.15) is 25.3 Å². The molecule has 1 amide bonds. The van der Waals surface area contributed by atoms with E-state index in [0.29, 0.717) is 29.6 Å². The maximum absolute atomic E-state index is 13.0. The van der Waals surface area contributed by atoms with Crippen molar-refractivity contribution < 1.29 is 9.18 Å². The lowest BCUT2D eigenvalue weighted by Gasteiger charge is -2.16. The molecule has 1 aromatic rings. The maximum atomic E-state index is 13.0. The van der Waals surface area contributed by atoms with Gasteiger partial charge in [-0.3, -0.25) is 4.79 Å². The van der Waals surface area contributed by atoms with E-state index in [0.717, 1.165) is 12.8 Å². The highest BCUT2D eigenvalue weighted by Crippen LogP contribution is 2.23. The molecule has 0 aliphatic carbocycles. The van der Waals surface area contributed by atoms with Gasteiger partial charge in [-0.2, -0.15) is 0 Å². The Balaban J connectivity index is 1.99. The number of carbonyl (C=O) groups excluding carboxylic acids is 1. The van der Waals surface area contributed by atoms with Crippen LogP contribution in [-0.4, -0.2) is 29.9 Å². The predicted molar refractivity (Wildman–Crippen MR) is 78.1 cm³/mol. The maximum Gasteiger partial charge on any atom is 0.227 e. The van der Waals surface area contributed by atoms with E-state index in [-0.39, 0.29) is 18.4 Å². The third-order valence-corrected chi connectivity index (χ3v) is 4.21. The summed E-state index contributed by atoms with van der Waals surface area (Å²) in [6.45, 7) is 3.43. The second-order valence-corrected chi connectivity index (χ2v) is 5.83. The molecule has 1 saturated heterocycles. The molecule has 0 unspecified atom stereocenters. The molecule has 0 aromatic heterocycles.